The van der Waals surface area contributed by atoms with Crippen molar-refractivity contribution in [3.05, 3.63) is 53.0 Å². The summed E-state index contributed by atoms with van der Waals surface area (Å²) in [7, 11) is -2.20. The zero-order valence-electron chi connectivity index (χ0n) is 14.0. The van der Waals surface area contributed by atoms with E-state index in [9.17, 15) is 13.2 Å². The van der Waals surface area contributed by atoms with E-state index in [4.69, 9.17) is 4.74 Å². The number of ether oxygens (including phenoxy) is 2. The summed E-state index contributed by atoms with van der Waals surface area (Å²) in [6.45, 7) is 0.171. The van der Waals surface area contributed by atoms with E-state index in [1.54, 1.807) is 36.4 Å². The fourth-order valence-electron chi connectivity index (χ4n) is 1.88. The normalized spacial score (nSPS) is 11.2. The summed E-state index contributed by atoms with van der Waals surface area (Å²) in [5, 5.41) is 0. The average Bonchev–Trinajstić information content (AvgIpc) is 2.64. The van der Waals surface area contributed by atoms with Crippen LogP contribution in [-0.2, 0) is 19.6 Å². The second-order valence-electron chi connectivity index (χ2n) is 5.04. The lowest BCUT2D eigenvalue weighted by Gasteiger charge is -2.08. The molecule has 0 fully saturated rings. The Labute approximate surface area is 165 Å². The van der Waals surface area contributed by atoms with Gasteiger partial charge in [-0.15, -0.1) is 11.8 Å². The highest BCUT2D eigenvalue weighted by atomic mass is 79.9. The summed E-state index contributed by atoms with van der Waals surface area (Å²) in [4.78, 5) is 12.2. The number of carbonyl (C=O) groups excluding carboxylic acids is 1. The fourth-order valence-corrected chi connectivity index (χ4v) is 4.07. The molecule has 0 aliphatic rings. The van der Waals surface area contributed by atoms with Crippen LogP contribution in [-0.4, -0.2) is 40.4 Å². The monoisotopic (exact) mass is 459 g/mol. The number of rotatable bonds is 9. The molecule has 0 saturated heterocycles. The van der Waals surface area contributed by atoms with Crippen molar-refractivity contribution < 1.29 is 22.7 Å². The van der Waals surface area contributed by atoms with Crippen LogP contribution in [0.5, 0.6) is 5.75 Å². The van der Waals surface area contributed by atoms with Crippen LogP contribution in [0.2, 0.25) is 0 Å². The van der Waals surface area contributed by atoms with Crippen LogP contribution in [0.25, 0.3) is 0 Å². The van der Waals surface area contributed by atoms with Gasteiger partial charge in [-0.1, -0.05) is 15.9 Å². The van der Waals surface area contributed by atoms with E-state index in [2.05, 4.69) is 25.4 Å². The number of carbonyl (C=O) groups is 1. The molecule has 0 heterocycles. The third-order valence-electron chi connectivity index (χ3n) is 3.19. The standard InChI is InChI=1S/C17H18BrNO5S2/c1-23-17(20)12-24-14-4-6-15(7-5-14)25-11-10-19-26(21,22)16-8-2-13(18)3-9-16/h2-9,19H,10-12H2,1H3. The Hall–Kier alpha value is -1.55. The van der Waals surface area contributed by atoms with Gasteiger partial charge in [-0.25, -0.2) is 17.9 Å². The molecule has 0 radical (unpaired) electrons. The predicted octanol–water partition coefficient (Wildman–Crippen LogP) is 3.07. The number of hydrogen-bond acceptors (Lipinski definition) is 6. The summed E-state index contributed by atoms with van der Waals surface area (Å²) in [6.07, 6.45) is 0. The largest absolute Gasteiger partial charge is 0.482 e. The molecular formula is C17H18BrNO5S2. The van der Waals surface area contributed by atoms with Gasteiger partial charge in [0.1, 0.15) is 5.75 Å². The molecule has 0 spiro atoms. The van der Waals surface area contributed by atoms with Gasteiger partial charge in [-0.2, -0.15) is 0 Å². The van der Waals surface area contributed by atoms with Crippen molar-refractivity contribution in [1.29, 1.82) is 0 Å². The van der Waals surface area contributed by atoms with Gasteiger partial charge in [0.15, 0.2) is 6.61 Å². The Morgan fingerprint density at radius 2 is 1.77 bits per heavy atom. The van der Waals surface area contributed by atoms with E-state index >= 15 is 0 Å². The minimum Gasteiger partial charge on any atom is -0.482 e. The quantitative estimate of drug-likeness (QED) is 0.352. The highest BCUT2D eigenvalue weighted by molar-refractivity contribution is 9.10. The molecule has 0 aliphatic heterocycles. The highest BCUT2D eigenvalue weighted by Gasteiger charge is 2.12. The topological polar surface area (TPSA) is 81.7 Å². The molecule has 140 valence electrons. The molecule has 2 rings (SSSR count). The molecular weight excluding hydrogens is 442 g/mol. The van der Waals surface area contributed by atoms with Gasteiger partial charge in [0, 0.05) is 21.7 Å². The summed E-state index contributed by atoms with van der Waals surface area (Å²) < 4.78 is 37.5. The third-order valence-corrected chi connectivity index (χ3v) is 6.21. The van der Waals surface area contributed by atoms with Crippen molar-refractivity contribution in [2.45, 2.75) is 9.79 Å². The molecule has 2 aromatic rings. The van der Waals surface area contributed by atoms with Gasteiger partial charge in [0.2, 0.25) is 10.0 Å². The first-order valence-corrected chi connectivity index (χ1v) is 10.8. The van der Waals surface area contributed by atoms with Gasteiger partial charge >= 0.3 is 5.97 Å². The molecule has 0 aromatic heterocycles. The Morgan fingerprint density at radius 3 is 2.38 bits per heavy atom. The van der Waals surface area contributed by atoms with Crippen LogP contribution < -0.4 is 9.46 Å². The van der Waals surface area contributed by atoms with Crippen LogP contribution in [0.1, 0.15) is 0 Å². The first kappa shape index (κ1) is 20.8. The molecule has 0 bridgehead atoms. The van der Waals surface area contributed by atoms with Crippen molar-refractivity contribution in [2.75, 3.05) is 26.0 Å². The number of nitrogens with one attached hydrogen (secondary N) is 1. The molecule has 1 N–H and O–H groups in total. The van der Waals surface area contributed by atoms with Gasteiger partial charge in [-0.3, -0.25) is 0 Å². The first-order chi connectivity index (χ1) is 12.4. The van der Waals surface area contributed by atoms with E-state index in [1.165, 1.54) is 18.9 Å². The van der Waals surface area contributed by atoms with Crippen molar-refractivity contribution >= 4 is 43.7 Å². The second-order valence-corrected chi connectivity index (χ2v) is 8.89. The van der Waals surface area contributed by atoms with E-state index in [0.29, 0.717) is 18.0 Å². The summed E-state index contributed by atoms with van der Waals surface area (Å²) in [5.41, 5.74) is 0. The van der Waals surface area contributed by atoms with Crippen LogP contribution in [0, 0.1) is 0 Å². The molecule has 0 amide bonds. The molecule has 0 atom stereocenters. The number of sulfonamides is 1. The third kappa shape index (κ3) is 6.64. The van der Waals surface area contributed by atoms with Gasteiger partial charge in [0.25, 0.3) is 0 Å². The maximum Gasteiger partial charge on any atom is 0.343 e. The van der Waals surface area contributed by atoms with Gasteiger partial charge < -0.3 is 9.47 Å². The first-order valence-electron chi connectivity index (χ1n) is 7.58. The fraction of sp³-hybridized carbons (Fsp3) is 0.235. The molecule has 0 saturated carbocycles. The number of hydrogen-bond donors (Lipinski definition) is 1. The lowest BCUT2D eigenvalue weighted by atomic mass is 10.3. The second kappa shape index (κ2) is 9.96. The summed E-state index contributed by atoms with van der Waals surface area (Å²) >= 11 is 4.79. The minimum atomic E-state index is -3.50. The smallest absolute Gasteiger partial charge is 0.343 e. The number of halogens is 1. The number of esters is 1. The zero-order valence-corrected chi connectivity index (χ0v) is 17.2. The van der Waals surface area contributed by atoms with Crippen molar-refractivity contribution in [2.24, 2.45) is 0 Å². The van der Waals surface area contributed by atoms with Gasteiger partial charge in [-0.05, 0) is 48.5 Å². The van der Waals surface area contributed by atoms with Crippen molar-refractivity contribution in [3.8, 4) is 5.75 Å². The Morgan fingerprint density at radius 1 is 1.12 bits per heavy atom. The molecule has 0 aliphatic carbocycles. The number of thioether (sulfide) groups is 1. The maximum atomic E-state index is 12.2. The average molecular weight is 460 g/mol. The van der Waals surface area contributed by atoms with E-state index in [0.717, 1.165) is 9.37 Å². The molecule has 6 nitrogen and oxygen atoms in total. The summed E-state index contributed by atoms with van der Waals surface area (Å²) in [6, 6.07) is 13.7. The van der Waals surface area contributed by atoms with E-state index in [-0.39, 0.29) is 11.5 Å². The Kier molecular flexibility index (Phi) is 7.95. The maximum absolute atomic E-state index is 12.2. The zero-order chi connectivity index (χ0) is 19.0. The molecule has 26 heavy (non-hydrogen) atoms. The number of methoxy groups -OCH3 is 1. The minimum absolute atomic E-state index is 0.138. The highest BCUT2D eigenvalue weighted by Crippen LogP contribution is 2.21. The van der Waals surface area contributed by atoms with Crippen molar-refractivity contribution in [1.82, 2.24) is 4.72 Å². The molecule has 0 unspecified atom stereocenters. The Balaban J connectivity index is 1.77. The number of benzene rings is 2. The Bertz CT molecular complexity index is 823. The van der Waals surface area contributed by atoms with Crippen LogP contribution in [0.4, 0.5) is 0 Å². The van der Waals surface area contributed by atoms with E-state index < -0.39 is 16.0 Å². The SMILES string of the molecule is COC(=O)COc1ccc(SCCNS(=O)(=O)c2ccc(Br)cc2)cc1. The van der Waals surface area contributed by atoms with Crippen LogP contribution >= 0.6 is 27.7 Å². The van der Waals surface area contributed by atoms with E-state index in [1.807, 2.05) is 12.1 Å². The van der Waals surface area contributed by atoms with Gasteiger partial charge in [0.05, 0.1) is 12.0 Å². The lowest BCUT2D eigenvalue weighted by molar-refractivity contribution is -0.142. The predicted molar refractivity (Wildman–Crippen MR) is 104 cm³/mol. The lowest BCUT2D eigenvalue weighted by Crippen LogP contribution is -2.25. The summed E-state index contributed by atoms with van der Waals surface area (Å²) in [5.74, 6) is 0.704. The molecule has 9 heteroatoms. The van der Waals surface area contributed by atoms with Crippen LogP contribution in [0.15, 0.2) is 62.8 Å². The molecule has 2 aromatic carbocycles. The van der Waals surface area contributed by atoms with Crippen molar-refractivity contribution in [3.63, 3.8) is 0 Å². The van der Waals surface area contributed by atoms with Crippen LogP contribution in [0.3, 0.4) is 0 Å².